The van der Waals surface area contributed by atoms with Crippen LogP contribution in [-0.2, 0) is 9.47 Å². The third-order valence-corrected chi connectivity index (χ3v) is 3.55. The Morgan fingerprint density at radius 2 is 2.19 bits per heavy atom. The van der Waals surface area contributed by atoms with Gasteiger partial charge in [-0.2, -0.15) is 0 Å². The molecule has 0 amide bonds. The molecule has 2 aliphatic heterocycles. The molecule has 0 aromatic carbocycles. The van der Waals surface area contributed by atoms with E-state index in [-0.39, 0.29) is 0 Å². The average molecular weight is 228 g/mol. The van der Waals surface area contributed by atoms with Crippen molar-refractivity contribution in [3.63, 3.8) is 0 Å². The van der Waals surface area contributed by atoms with Crippen LogP contribution >= 0.6 is 0 Å². The summed E-state index contributed by atoms with van der Waals surface area (Å²) in [5.41, 5.74) is 0. The van der Waals surface area contributed by atoms with E-state index in [2.05, 4.69) is 17.1 Å². The van der Waals surface area contributed by atoms with Crippen LogP contribution in [0.1, 0.15) is 26.2 Å². The monoisotopic (exact) mass is 228 g/mol. The summed E-state index contributed by atoms with van der Waals surface area (Å²) in [5.74, 6) is 0. The van der Waals surface area contributed by atoms with Crippen LogP contribution in [0.3, 0.4) is 0 Å². The maximum absolute atomic E-state index is 5.49. The molecule has 94 valence electrons. The molecule has 2 saturated heterocycles. The number of hydrogen-bond donors (Lipinski definition) is 1. The Labute approximate surface area is 98.3 Å². The molecule has 2 rings (SSSR count). The molecule has 0 spiro atoms. The highest BCUT2D eigenvalue weighted by molar-refractivity contribution is 4.75. The van der Waals surface area contributed by atoms with Crippen LogP contribution in [0, 0.1) is 0 Å². The van der Waals surface area contributed by atoms with Gasteiger partial charge in [0.2, 0.25) is 0 Å². The van der Waals surface area contributed by atoms with E-state index < -0.39 is 0 Å². The number of likely N-dealkylation sites (tertiary alicyclic amines) is 1. The summed E-state index contributed by atoms with van der Waals surface area (Å²) in [6.07, 6.45) is 4.10. The molecule has 0 radical (unpaired) electrons. The Balaban J connectivity index is 1.56. The van der Waals surface area contributed by atoms with E-state index in [1.807, 2.05) is 0 Å². The van der Waals surface area contributed by atoms with E-state index in [0.717, 1.165) is 26.1 Å². The molecule has 4 nitrogen and oxygen atoms in total. The fourth-order valence-electron chi connectivity index (χ4n) is 2.43. The van der Waals surface area contributed by atoms with Gasteiger partial charge in [0.15, 0.2) is 0 Å². The van der Waals surface area contributed by atoms with Gasteiger partial charge in [0, 0.05) is 19.1 Å². The van der Waals surface area contributed by atoms with Crippen molar-refractivity contribution in [3.05, 3.63) is 0 Å². The van der Waals surface area contributed by atoms with Gasteiger partial charge in [0.05, 0.1) is 12.7 Å². The van der Waals surface area contributed by atoms with Gasteiger partial charge in [-0.3, -0.25) is 4.90 Å². The summed E-state index contributed by atoms with van der Waals surface area (Å²) in [6.45, 7) is 8.20. The van der Waals surface area contributed by atoms with Crippen LogP contribution in [0.15, 0.2) is 0 Å². The van der Waals surface area contributed by atoms with E-state index in [4.69, 9.17) is 9.47 Å². The Morgan fingerprint density at radius 1 is 1.38 bits per heavy atom. The summed E-state index contributed by atoms with van der Waals surface area (Å²) in [7, 11) is 0. The summed E-state index contributed by atoms with van der Waals surface area (Å²) < 4.78 is 10.6. The SMILES string of the molecule is CC(CNCC1CCOCO1)N1CCCC1. The van der Waals surface area contributed by atoms with E-state index in [0.29, 0.717) is 18.9 Å². The lowest BCUT2D eigenvalue weighted by Crippen LogP contribution is -2.42. The van der Waals surface area contributed by atoms with E-state index >= 15 is 0 Å². The van der Waals surface area contributed by atoms with Crippen molar-refractivity contribution in [3.8, 4) is 0 Å². The molecule has 0 bridgehead atoms. The second-order valence-corrected chi connectivity index (χ2v) is 4.85. The largest absolute Gasteiger partial charge is 0.355 e. The molecule has 4 heteroatoms. The molecule has 2 heterocycles. The van der Waals surface area contributed by atoms with Gasteiger partial charge in [-0.1, -0.05) is 0 Å². The van der Waals surface area contributed by atoms with Crippen molar-refractivity contribution in [2.24, 2.45) is 0 Å². The number of hydrogen-bond acceptors (Lipinski definition) is 4. The average Bonchev–Trinajstić information content (AvgIpc) is 2.84. The molecule has 2 unspecified atom stereocenters. The Bertz CT molecular complexity index is 189. The lowest BCUT2D eigenvalue weighted by molar-refractivity contribution is -0.137. The Kier molecular flexibility index (Phi) is 5.03. The second-order valence-electron chi connectivity index (χ2n) is 4.85. The van der Waals surface area contributed by atoms with Gasteiger partial charge in [-0.15, -0.1) is 0 Å². The Hall–Kier alpha value is -0.160. The molecule has 2 atom stereocenters. The van der Waals surface area contributed by atoms with Gasteiger partial charge in [-0.25, -0.2) is 0 Å². The molecule has 0 saturated carbocycles. The van der Waals surface area contributed by atoms with Crippen molar-refractivity contribution >= 4 is 0 Å². The normalized spacial score (nSPS) is 29.4. The minimum atomic E-state index is 0.347. The molecule has 0 aliphatic carbocycles. The fraction of sp³-hybridized carbons (Fsp3) is 1.00. The standard InChI is InChI=1S/C12H24N2O2/c1-11(14-5-2-3-6-14)8-13-9-12-4-7-15-10-16-12/h11-13H,2-10H2,1H3. The molecular weight excluding hydrogens is 204 g/mol. The molecule has 0 aromatic rings. The molecule has 2 fully saturated rings. The Morgan fingerprint density at radius 3 is 2.88 bits per heavy atom. The summed E-state index contributed by atoms with van der Waals surface area (Å²) in [4.78, 5) is 2.57. The van der Waals surface area contributed by atoms with Crippen LogP contribution in [0.4, 0.5) is 0 Å². The summed E-state index contributed by atoms with van der Waals surface area (Å²) in [6, 6.07) is 0.655. The van der Waals surface area contributed by atoms with E-state index in [1.54, 1.807) is 0 Å². The maximum atomic E-state index is 5.49. The first-order valence-electron chi connectivity index (χ1n) is 6.50. The minimum absolute atomic E-state index is 0.347. The third-order valence-electron chi connectivity index (χ3n) is 3.55. The molecule has 2 aliphatic rings. The minimum Gasteiger partial charge on any atom is -0.355 e. The van der Waals surface area contributed by atoms with Gasteiger partial charge >= 0.3 is 0 Å². The van der Waals surface area contributed by atoms with Gasteiger partial charge in [-0.05, 0) is 39.3 Å². The van der Waals surface area contributed by atoms with Crippen LogP contribution in [0.2, 0.25) is 0 Å². The van der Waals surface area contributed by atoms with Gasteiger partial charge < -0.3 is 14.8 Å². The second kappa shape index (κ2) is 6.55. The van der Waals surface area contributed by atoms with Crippen molar-refractivity contribution in [2.45, 2.75) is 38.3 Å². The highest BCUT2D eigenvalue weighted by atomic mass is 16.7. The zero-order valence-electron chi connectivity index (χ0n) is 10.3. The van der Waals surface area contributed by atoms with Crippen molar-refractivity contribution in [1.82, 2.24) is 10.2 Å². The van der Waals surface area contributed by atoms with E-state index in [9.17, 15) is 0 Å². The lowest BCUT2D eigenvalue weighted by atomic mass is 10.2. The van der Waals surface area contributed by atoms with Crippen LogP contribution in [-0.4, -0.2) is 56.6 Å². The smallest absolute Gasteiger partial charge is 0.147 e. The first kappa shape index (κ1) is 12.3. The van der Waals surface area contributed by atoms with Gasteiger partial charge in [0.1, 0.15) is 6.79 Å². The summed E-state index contributed by atoms with van der Waals surface area (Å²) >= 11 is 0. The topological polar surface area (TPSA) is 33.7 Å². The van der Waals surface area contributed by atoms with Crippen LogP contribution in [0.25, 0.3) is 0 Å². The maximum Gasteiger partial charge on any atom is 0.147 e. The van der Waals surface area contributed by atoms with Crippen LogP contribution in [0.5, 0.6) is 0 Å². The van der Waals surface area contributed by atoms with Crippen molar-refractivity contribution in [2.75, 3.05) is 39.6 Å². The molecule has 1 N–H and O–H groups in total. The highest BCUT2D eigenvalue weighted by Gasteiger charge is 2.18. The predicted molar refractivity (Wildman–Crippen MR) is 63.4 cm³/mol. The fourth-order valence-corrected chi connectivity index (χ4v) is 2.43. The van der Waals surface area contributed by atoms with Crippen LogP contribution < -0.4 is 5.32 Å². The zero-order valence-corrected chi connectivity index (χ0v) is 10.3. The first-order chi connectivity index (χ1) is 7.86. The van der Waals surface area contributed by atoms with Crippen molar-refractivity contribution in [1.29, 1.82) is 0 Å². The number of nitrogens with one attached hydrogen (secondary N) is 1. The molecular formula is C12H24N2O2. The van der Waals surface area contributed by atoms with E-state index in [1.165, 1.54) is 25.9 Å². The predicted octanol–water partition coefficient (Wildman–Crippen LogP) is 0.823. The third kappa shape index (κ3) is 3.70. The van der Waals surface area contributed by atoms with Crippen molar-refractivity contribution < 1.29 is 9.47 Å². The lowest BCUT2D eigenvalue weighted by Gasteiger charge is -2.26. The molecule has 16 heavy (non-hydrogen) atoms. The van der Waals surface area contributed by atoms with Gasteiger partial charge in [0.25, 0.3) is 0 Å². The quantitative estimate of drug-likeness (QED) is 0.755. The number of rotatable bonds is 5. The molecule has 0 aromatic heterocycles. The first-order valence-corrected chi connectivity index (χ1v) is 6.50. The highest BCUT2D eigenvalue weighted by Crippen LogP contribution is 2.11. The number of ether oxygens (including phenoxy) is 2. The number of nitrogens with zero attached hydrogens (tertiary/aromatic N) is 1. The summed E-state index contributed by atoms with van der Waals surface area (Å²) in [5, 5.41) is 3.51. The zero-order chi connectivity index (χ0) is 11.2.